The molecule has 0 unspecified atom stereocenters. The van der Waals surface area contributed by atoms with E-state index in [9.17, 15) is 9.59 Å². The minimum absolute atomic E-state index is 0.210. The van der Waals surface area contributed by atoms with Gasteiger partial charge in [0.05, 0.1) is 17.2 Å². The summed E-state index contributed by atoms with van der Waals surface area (Å²) in [6.07, 6.45) is 0. The van der Waals surface area contributed by atoms with Crippen molar-refractivity contribution in [2.75, 3.05) is 13.2 Å². The summed E-state index contributed by atoms with van der Waals surface area (Å²) in [5.41, 5.74) is -0.950. The number of Topliss-reactive ketones (excluding diaryl/α,β-unsaturated/α-hetero) is 1. The number of esters is 1. The molecular formula is C15H16ClNO4. The van der Waals surface area contributed by atoms with E-state index in [4.69, 9.17) is 26.3 Å². The van der Waals surface area contributed by atoms with E-state index in [1.807, 2.05) is 6.07 Å². The number of carbonyl (C=O) groups excluding carboxylic acids is 2. The molecule has 112 valence electrons. The zero-order valence-electron chi connectivity index (χ0n) is 12.1. The molecule has 0 N–H and O–H groups in total. The van der Waals surface area contributed by atoms with Crippen LogP contribution in [0.5, 0.6) is 5.75 Å². The van der Waals surface area contributed by atoms with E-state index in [1.165, 1.54) is 32.0 Å². The highest BCUT2D eigenvalue weighted by Gasteiger charge is 2.37. The molecule has 1 aromatic carbocycles. The molecule has 0 aliphatic rings. The van der Waals surface area contributed by atoms with Crippen LogP contribution in [0.2, 0.25) is 5.02 Å². The maximum absolute atomic E-state index is 12.1. The van der Waals surface area contributed by atoms with Crippen LogP contribution in [0.3, 0.4) is 0 Å². The van der Waals surface area contributed by atoms with Crippen LogP contribution in [0.15, 0.2) is 18.2 Å². The van der Waals surface area contributed by atoms with Gasteiger partial charge in [-0.2, -0.15) is 5.26 Å². The number of ketones is 1. The molecule has 0 bridgehead atoms. The SMILES string of the molecule is CCOC(=O)C(C)(C)C(=O)COc1ccc(C#N)c(Cl)c1. The molecule has 0 aliphatic heterocycles. The summed E-state index contributed by atoms with van der Waals surface area (Å²) in [7, 11) is 0. The number of hydrogen-bond donors (Lipinski definition) is 0. The first-order valence-electron chi connectivity index (χ1n) is 6.36. The Morgan fingerprint density at radius 2 is 2.05 bits per heavy atom. The van der Waals surface area contributed by atoms with E-state index >= 15 is 0 Å². The van der Waals surface area contributed by atoms with Crippen LogP contribution in [0.4, 0.5) is 0 Å². The highest BCUT2D eigenvalue weighted by Crippen LogP contribution is 2.23. The van der Waals surface area contributed by atoms with E-state index in [-0.39, 0.29) is 18.2 Å². The van der Waals surface area contributed by atoms with Crippen LogP contribution in [0, 0.1) is 16.7 Å². The van der Waals surface area contributed by atoms with Crippen molar-refractivity contribution in [3.05, 3.63) is 28.8 Å². The zero-order chi connectivity index (χ0) is 16.0. The van der Waals surface area contributed by atoms with Crippen molar-refractivity contribution in [3.63, 3.8) is 0 Å². The van der Waals surface area contributed by atoms with Crippen LogP contribution < -0.4 is 4.74 Å². The summed E-state index contributed by atoms with van der Waals surface area (Å²) in [4.78, 5) is 23.8. The van der Waals surface area contributed by atoms with Crippen LogP contribution in [-0.4, -0.2) is 25.0 Å². The van der Waals surface area contributed by atoms with Crippen LogP contribution in [-0.2, 0) is 14.3 Å². The maximum atomic E-state index is 12.1. The number of nitriles is 1. The molecular weight excluding hydrogens is 294 g/mol. The highest BCUT2D eigenvalue weighted by molar-refractivity contribution is 6.31. The molecule has 5 nitrogen and oxygen atoms in total. The third kappa shape index (κ3) is 4.20. The quantitative estimate of drug-likeness (QED) is 0.596. The van der Waals surface area contributed by atoms with E-state index in [1.54, 1.807) is 6.92 Å². The topological polar surface area (TPSA) is 76.4 Å². The molecule has 0 saturated heterocycles. The Kier molecular flexibility index (Phi) is 5.74. The van der Waals surface area contributed by atoms with Gasteiger partial charge in [-0.15, -0.1) is 0 Å². The maximum Gasteiger partial charge on any atom is 0.319 e. The molecule has 0 spiro atoms. The van der Waals surface area contributed by atoms with E-state index in [0.29, 0.717) is 11.3 Å². The number of ether oxygens (including phenoxy) is 2. The van der Waals surface area contributed by atoms with Gasteiger partial charge in [-0.05, 0) is 32.9 Å². The molecule has 0 saturated carbocycles. The van der Waals surface area contributed by atoms with Gasteiger partial charge in [-0.1, -0.05) is 11.6 Å². The Hall–Kier alpha value is -2.06. The molecule has 0 radical (unpaired) electrons. The smallest absolute Gasteiger partial charge is 0.319 e. The Morgan fingerprint density at radius 1 is 1.38 bits per heavy atom. The molecule has 0 aromatic heterocycles. The Morgan fingerprint density at radius 3 is 2.57 bits per heavy atom. The lowest BCUT2D eigenvalue weighted by Crippen LogP contribution is -2.38. The average Bonchev–Trinajstić information content (AvgIpc) is 2.45. The van der Waals surface area contributed by atoms with Gasteiger partial charge >= 0.3 is 5.97 Å². The first-order chi connectivity index (χ1) is 9.82. The van der Waals surface area contributed by atoms with Crippen molar-refractivity contribution >= 4 is 23.4 Å². The van der Waals surface area contributed by atoms with Gasteiger partial charge in [0.15, 0.2) is 5.78 Å². The lowest BCUT2D eigenvalue weighted by molar-refractivity contribution is -0.158. The summed E-state index contributed by atoms with van der Waals surface area (Å²) in [6.45, 7) is 4.58. The van der Waals surface area contributed by atoms with E-state index in [0.717, 1.165) is 0 Å². The summed E-state index contributed by atoms with van der Waals surface area (Å²) in [5, 5.41) is 9.01. The first-order valence-corrected chi connectivity index (χ1v) is 6.73. The van der Waals surface area contributed by atoms with E-state index in [2.05, 4.69) is 0 Å². The van der Waals surface area contributed by atoms with Gasteiger partial charge < -0.3 is 9.47 Å². The zero-order valence-corrected chi connectivity index (χ0v) is 12.9. The second-order valence-corrected chi connectivity index (χ2v) is 5.22. The van der Waals surface area contributed by atoms with Crippen molar-refractivity contribution in [2.24, 2.45) is 5.41 Å². The summed E-state index contributed by atoms with van der Waals surface area (Å²) in [6, 6.07) is 6.41. The van der Waals surface area contributed by atoms with Gasteiger partial charge in [0.2, 0.25) is 0 Å². The summed E-state index contributed by atoms with van der Waals surface area (Å²) >= 11 is 5.86. The third-order valence-electron chi connectivity index (χ3n) is 2.91. The molecule has 0 atom stereocenters. The molecule has 21 heavy (non-hydrogen) atoms. The fourth-order valence-corrected chi connectivity index (χ4v) is 1.64. The third-order valence-corrected chi connectivity index (χ3v) is 3.23. The number of nitrogens with zero attached hydrogens (tertiary/aromatic N) is 1. The van der Waals surface area contributed by atoms with Crippen molar-refractivity contribution in [3.8, 4) is 11.8 Å². The molecule has 0 aliphatic carbocycles. The predicted octanol–water partition coefficient (Wildman–Crippen LogP) is 2.75. The molecule has 6 heteroatoms. The van der Waals surface area contributed by atoms with Crippen molar-refractivity contribution in [1.82, 2.24) is 0 Å². The number of hydrogen-bond acceptors (Lipinski definition) is 5. The second-order valence-electron chi connectivity index (χ2n) is 4.81. The Bertz CT molecular complexity index is 590. The van der Waals surface area contributed by atoms with Gasteiger partial charge in [0.25, 0.3) is 0 Å². The average molecular weight is 310 g/mol. The lowest BCUT2D eigenvalue weighted by Gasteiger charge is -2.20. The van der Waals surface area contributed by atoms with Crippen molar-refractivity contribution in [2.45, 2.75) is 20.8 Å². The normalized spacial score (nSPS) is 10.6. The minimum atomic E-state index is -1.27. The second kappa shape index (κ2) is 7.09. The molecule has 1 aromatic rings. The number of carbonyl (C=O) groups is 2. The van der Waals surface area contributed by atoms with Gasteiger partial charge in [0.1, 0.15) is 23.8 Å². The Labute approximate surface area is 128 Å². The largest absolute Gasteiger partial charge is 0.486 e. The lowest BCUT2D eigenvalue weighted by atomic mass is 9.88. The predicted molar refractivity (Wildman–Crippen MR) is 77.1 cm³/mol. The number of benzene rings is 1. The standard InChI is InChI=1S/C15H16ClNO4/c1-4-20-14(19)15(2,3)13(18)9-21-11-6-5-10(8-17)12(16)7-11/h5-7H,4,9H2,1-3H3. The van der Waals surface area contributed by atoms with Crippen LogP contribution in [0.25, 0.3) is 0 Å². The minimum Gasteiger partial charge on any atom is -0.486 e. The number of rotatable bonds is 6. The van der Waals surface area contributed by atoms with Crippen LogP contribution in [0.1, 0.15) is 26.3 Å². The summed E-state index contributed by atoms with van der Waals surface area (Å²) in [5.74, 6) is -0.634. The van der Waals surface area contributed by atoms with Gasteiger partial charge in [-0.3, -0.25) is 9.59 Å². The molecule has 0 heterocycles. The number of halogens is 1. The fraction of sp³-hybridized carbons (Fsp3) is 0.400. The van der Waals surface area contributed by atoms with Gasteiger partial charge in [-0.25, -0.2) is 0 Å². The molecule has 0 fully saturated rings. The van der Waals surface area contributed by atoms with Crippen LogP contribution >= 0.6 is 11.6 Å². The summed E-state index contributed by atoms with van der Waals surface area (Å²) < 4.78 is 10.2. The highest BCUT2D eigenvalue weighted by atomic mass is 35.5. The van der Waals surface area contributed by atoms with Crippen molar-refractivity contribution in [1.29, 1.82) is 5.26 Å². The Balaban J connectivity index is 2.71. The molecule has 0 amide bonds. The fourth-order valence-electron chi connectivity index (χ4n) is 1.43. The first kappa shape index (κ1) is 17.0. The van der Waals surface area contributed by atoms with Crippen molar-refractivity contribution < 1.29 is 19.1 Å². The van der Waals surface area contributed by atoms with Gasteiger partial charge in [0, 0.05) is 6.07 Å². The van der Waals surface area contributed by atoms with E-state index < -0.39 is 17.2 Å². The monoisotopic (exact) mass is 309 g/mol. The molecule has 1 rings (SSSR count).